The van der Waals surface area contributed by atoms with Crippen LogP contribution in [0, 0.1) is 13.8 Å². The normalized spacial score (nSPS) is 14.6. The number of anilines is 2. The van der Waals surface area contributed by atoms with Gasteiger partial charge in [-0.2, -0.15) is 0 Å². The summed E-state index contributed by atoms with van der Waals surface area (Å²) in [5, 5.41) is 4.16. The van der Waals surface area contributed by atoms with Crippen molar-refractivity contribution in [3.05, 3.63) is 92.6 Å². The number of nitrogens with zero attached hydrogens (tertiary/aromatic N) is 4. The van der Waals surface area contributed by atoms with Crippen LogP contribution in [0.4, 0.5) is 16.3 Å². The van der Waals surface area contributed by atoms with Gasteiger partial charge in [0.1, 0.15) is 17.6 Å². The largest absolute Gasteiger partial charge is 0.496 e. The van der Waals surface area contributed by atoms with Crippen molar-refractivity contribution in [2.24, 2.45) is 0 Å². The molecule has 3 amide bonds. The van der Waals surface area contributed by atoms with Crippen LogP contribution in [0.5, 0.6) is 5.75 Å². The second-order valence-corrected chi connectivity index (χ2v) is 11.8. The van der Waals surface area contributed by atoms with E-state index in [2.05, 4.69) is 23.7 Å². The average molecular weight is 607 g/mol. The van der Waals surface area contributed by atoms with E-state index < -0.39 is 6.04 Å². The first-order chi connectivity index (χ1) is 19.9. The van der Waals surface area contributed by atoms with Crippen molar-refractivity contribution in [2.75, 3.05) is 31.4 Å². The second-order valence-electron chi connectivity index (χ2n) is 10.9. The first-order valence-corrected chi connectivity index (χ1v) is 14.3. The number of imidazole rings is 1. The number of carbonyl (C=O) groups is 2. The van der Waals surface area contributed by atoms with Crippen molar-refractivity contribution in [3.63, 3.8) is 0 Å². The van der Waals surface area contributed by atoms with E-state index in [9.17, 15) is 9.59 Å². The highest BCUT2D eigenvalue weighted by Gasteiger charge is 2.41. The summed E-state index contributed by atoms with van der Waals surface area (Å²) in [6, 6.07) is 15.5. The van der Waals surface area contributed by atoms with E-state index >= 15 is 0 Å². The zero-order valence-corrected chi connectivity index (χ0v) is 26.1. The number of halogens is 2. The van der Waals surface area contributed by atoms with Crippen LogP contribution in [0.3, 0.4) is 0 Å². The van der Waals surface area contributed by atoms with E-state index in [1.54, 1.807) is 56.4 Å². The minimum atomic E-state index is -0.565. The topological polar surface area (TPSA) is 79.7 Å². The molecule has 1 N–H and O–H groups in total. The maximum absolute atomic E-state index is 14.0. The molecule has 0 fully saturated rings. The number of aromatic nitrogens is 2. The molecule has 10 heteroatoms. The van der Waals surface area contributed by atoms with Gasteiger partial charge in [-0.25, -0.2) is 9.78 Å². The molecule has 1 aromatic heterocycles. The van der Waals surface area contributed by atoms with Crippen molar-refractivity contribution < 1.29 is 14.3 Å². The number of rotatable bonds is 6. The lowest BCUT2D eigenvalue weighted by Crippen LogP contribution is -2.44. The van der Waals surface area contributed by atoms with Gasteiger partial charge in [-0.1, -0.05) is 35.3 Å². The van der Waals surface area contributed by atoms with Crippen LogP contribution in [0.25, 0.3) is 11.4 Å². The molecular weight excluding hydrogens is 573 g/mol. The van der Waals surface area contributed by atoms with E-state index in [0.29, 0.717) is 44.3 Å². The molecule has 218 valence electrons. The highest BCUT2D eigenvalue weighted by molar-refractivity contribution is 6.31. The molecule has 0 saturated carbocycles. The van der Waals surface area contributed by atoms with Gasteiger partial charge in [0.05, 0.1) is 24.1 Å². The molecule has 42 heavy (non-hydrogen) atoms. The molecule has 2 heterocycles. The Balaban J connectivity index is 1.84. The van der Waals surface area contributed by atoms with E-state index in [1.807, 2.05) is 38.1 Å². The summed E-state index contributed by atoms with van der Waals surface area (Å²) in [5.41, 5.74) is 5.31. The fraction of sp³-hybridized carbons (Fsp3) is 0.281. The van der Waals surface area contributed by atoms with Crippen molar-refractivity contribution in [3.8, 4) is 17.1 Å². The number of carbonyl (C=O) groups excluding carboxylic acids is 2. The Morgan fingerprint density at radius 3 is 2.33 bits per heavy atom. The quantitative estimate of drug-likeness (QED) is 0.242. The lowest BCUT2D eigenvalue weighted by molar-refractivity contribution is 0.0827. The Kier molecular flexibility index (Phi) is 7.96. The van der Waals surface area contributed by atoms with E-state index in [0.717, 1.165) is 22.4 Å². The molecule has 0 radical (unpaired) electrons. The van der Waals surface area contributed by atoms with Gasteiger partial charge in [0.25, 0.3) is 5.91 Å². The van der Waals surface area contributed by atoms with Crippen LogP contribution in [-0.4, -0.2) is 47.6 Å². The fourth-order valence-electron chi connectivity index (χ4n) is 5.51. The van der Waals surface area contributed by atoms with Gasteiger partial charge in [0.2, 0.25) is 0 Å². The number of amides is 3. The maximum atomic E-state index is 14.0. The summed E-state index contributed by atoms with van der Waals surface area (Å²) >= 11 is 12.8. The average Bonchev–Trinajstić information content (AvgIpc) is 3.32. The maximum Gasteiger partial charge on any atom is 0.328 e. The van der Waals surface area contributed by atoms with Gasteiger partial charge in [0.15, 0.2) is 5.82 Å². The fourth-order valence-corrected chi connectivity index (χ4v) is 5.90. The number of hydrogen-bond acceptors (Lipinski definition) is 4. The highest BCUT2D eigenvalue weighted by atomic mass is 35.5. The monoisotopic (exact) mass is 605 g/mol. The molecule has 0 aliphatic carbocycles. The van der Waals surface area contributed by atoms with E-state index in [-0.39, 0.29) is 18.0 Å². The third-order valence-electron chi connectivity index (χ3n) is 7.48. The predicted molar refractivity (Wildman–Crippen MR) is 168 cm³/mol. The van der Waals surface area contributed by atoms with Gasteiger partial charge < -0.3 is 14.2 Å². The van der Waals surface area contributed by atoms with Crippen molar-refractivity contribution in [1.29, 1.82) is 0 Å². The first kappa shape index (κ1) is 29.5. The van der Waals surface area contributed by atoms with Gasteiger partial charge in [-0.05, 0) is 86.8 Å². The van der Waals surface area contributed by atoms with Crippen LogP contribution in [-0.2, 0) is 0 Å². The number of nitrogens with one attached hydrogen (secondary N) is 1. The SMILES string of the molecule is COc1ccc(C(=O)N(C)C)cc1-c1nc2c(n1C(C)C)C(c1ccc(Cl)cc1C)N(c1cc(Cl)ccc1C)C(=O)N2. The summed E-state index contributed by atoms with van der Waals surface area (Å²) < 4.78 is 7.84. The predicted octanol–water partition coefficient (Wildman–Crippen LogP) is 7.91. The standard InChI is InChI=1S/C32H33Cl2N5O3/c1-17(2)38-28-27(23-12-11-21(33)14-19(23)4)39(25-16-22(34)10-8-18(25)3)32(41)36-29(28)35-30(38)24-15-20(31(40)37(5)6)9-13-26(24)42-7/h8-17,27H,1-7H3,(H,36,41). The molecular formula is C32H33Cl2N5O3. The molecule has 1 unspecified atom stereocenters. The lowest BCUT2D eigenvalue weighted by atomic mass is 9.94. The summed E-state index contributed by atoms with van der Waals surface area (Å²) in [6.45, 7) is 8.05. The molecule has 8 nitrogen and oxygen atoms in total. The smallest absolute Gasteiger partial charge is 0.328 e. The van der Waals surface area contributed by atoms with Crippen LogP contribution in [0.1, 0.15) is 58.7 Å². The number of methoxy groups -OCH3 is 1. The first-order valence-electron chi connectivity index (χ1n) is 13.6. The summed E-state index contributed by atoms with van der Waals surface area (Å²) in [7, 11) is 5.00. The van der Waals surface area contributed by atoms with E-state index in [4.69, 9.17) is 32.9 Å². The molecule has 0 bridgehead atoms. The Labute approximate surface area is 255 Å². The number of hydrogen-bond donors (Lipinski definition) is 1. The number of ether oxygens (including phenoxy) is 1. The molecule has 1 atom stereocenters. The van der Waals surface area contributed by atoms with Crippen molar-refractivity contribution in [1.82, 2.24) is 14.5 Å². The Bertz CT molecular complexity index is 1710. The molecule has 1 aliphatic heterocycles. The zero-order chi connectivity index (χ0) is 30.5. The van der Waals surface area contributed by atoms with Gasteiger partial charge in [-0.15, -0.1) is 0 Å². The minimum Gasteiger partial charge on any atom is -0.496 e. The summed E-state index contributed by atoms with van der Waals surface area (Å²) in [6.07, 6.45) is 0. The molecule has 1 aliphatic rings. The summed E-state index contributed by atoms with van der Waals surface area (Å²) in [4.78, 5) is 35.1. The Morgan fingerprint density at radius 2 is 1.69 bits per heavy atom. The number of aryl methyl sites for hydroxylation is 2. The lowest BCUT2D eigenvalue weighted by Gasteiger charge is -2.38. The number of urea groups is 1. The Morgan fingerprint density at radius 1 is 1.00 bits per heavy atom. The van der Waals surface area contributed by atoms with Crippen LogP contribution in [0.2, 0.25) is 10.0 Å². The molecule has 0 saturated heterocycles. The van der Waals surface area contributed by atoms with Crippen LogP contribution < -0.4 is 15.0 Å². The third-order valence-corrected chi connectivity index (χ3v) is 7.95. The second kappa shape index (κ2) is 11.3. The number of benzene rings is 3. The van der Waals surface area contributed by atoms with Gasteiger partial charge in [-0.3, -0.25) is 15.0 Å². The molecule has 0 spiro atoms. The van der Waals surface area contributed by atoms with Crippen LogP contribution >= 0.6 is 23.2 Å². The highest BCUT2D eigenvalue weighted by Crippen LogP contribution is 2.46. The molecule has 5 rings (SSSR count). The molecule has 4 aromatic rings. The van der Waals surface area contributed by atoms with Crippen molar-refractivity contribution in [2.45, 2.75) is 39.8 Å². The van der Waals surface area contributed by atoms with Crippen molar-refractivity contribution >= 4 is 46.6 Å². The number of fused-ring (bicyclic) bond motifs is 1. The van der Waals surface area contributed by atoms with Crippen LogP contribution in [0.15, 0.2) is 54.6 Å². The minimum absolute atomic E-state index is 0.0819. The third kappa shape index (κ3) is 5.10. The van der Waals surface area contributed by atoms with Gasteiger partial charge >= 0.3 is 6.03 Å². The summed E-state index contributed by atoms with van der Waals surface area (Å²) in [5.74, 6) is 1.42. The Hall–Kier alpha value is -4.01. The zero-order valence-electron chi connectivity index (χ0n) is 24.6. The van der Waals surface area contributed by atoms with Gasteiger partial charge in [0, 0.05) is 35.7 Å². The molecule has 3 aromatic carbocycles. The van der Waals surface area contributed by atoms with E-state index in [1.165, 1.54) is 4.90 Å².